The second-order valence-corrected chi connectivity index (χ2v) is 12.1. The number of carbonyl (C=O) groups excluding carboxylic acids is 1. The minimum absolute atomic E-state index is 0.159. The maximum absolute atomic E-state index is 11.5. The highest BCUT2D eigenvalue weighted by Crippen LogP contribution is 2.43. The van der Waals surface area contributed by atoms with Crippen molar-refractivity contribution < 1.29 is 14.4 Å². The molecule has 0 radical (unpaired) electrons. The van der Waals surface area contributed by atoms with Crippen LogP contribution in [0.5, 0.6) is 0 Å². The van der Waals surface area contributed by atoms with Gasteiger partial charge in [-0.25, -0.2) is 0 Å². The number of aliphatic hydroxyl groups excluding tert-OH is 1. The van der Waals surface area contributed by atoms with Gasteiger partial charge in [0.2, 0.25) is 5.91 Å². The summed E-state index contributed by atoms with van der Waals surface area (Å²) in [5.74, 6) is 0.179. The van der Waals surface area contributed by atoms with Crippen LogP contribution in [0.4, 0.5) is 0 Å². The first-order chi connectivity index (χ1) is 14.5. The Kier molecular flexibility index (Phi) is 27.3. The normalized spacial score (nSPS) is 17.6. The zero-order valence-electron chi connectivity index (χ0n) is 20.5. The summed E-state index contributed by atoms with van der Waals surface area (Å²) in [7, 11) is 1.58. The molecule has 0 aromatic rings. The maximum atomic E-state index is 11.5. The third-order valence-electron chi connectivity index (χ3n) is 4.69. The van der Waals surface area contributed by atoms with E-state index in [0.717, 1.165) is 32.2 Å². The Balaban J connectivity index is 0. The molecule has 3 N–H and O–H groups in total. The van der Waals surface area contributed by atoms with E-state index in [1.807, 2.05) is 0 Å². The molecular formula is C23H51N2O3PS. The van der Waals surface area contributed by atoms with Gasteiger partial charge in [0.25, 0.3) is 0 Å². The minimum Gasteiger partial charge on any atom is -0.391 e. The van der Waals surface area contributed by atoms with Crippen molar-refractivity contribution in [3.8, 4) is 0 Å². The average Bonchev–Trinajstić information content (AvgIpc) is 3.59. The van der Waals surface area contributed by atoms with Crippen LogP contribution in [-0.2, 0) is 9.32 Å². The summed E-state index contributed by atoms with van der Waals surface area (Å²) in [6, 6.07) is 0. The van der Waals surface area contributed by atoms with Crippen LogP contribution in [0.3, 0.4) is 0 Å². The number of likely N-dealkylation sites (tertiary alicyclic amines) is 1. The molecule has 2 unspecified atom stereocenters. The predicted octanol–water partition coefficient (Wildman–Crippen LogP) is 6.18. The summed E-state index contributed by atoms with van der Waals surface area (Å²) >= 11 is 1.77. The lowest BCUT2D eigenvalue weighted by Gasteiger charge is -2.14. The van der Waals surface area contributed by atoms with Crippen LogP contribution < -0.4 is 5.73 Å². The lowest BCUT2D eigenvalue weighted by atomic mass is 10.2. The van der Waals surface area contributed by atoms with E-state index in [4.69, 9.17) is 10.3 Å². The number of β-amino-alcohol motifs (C(OH)–C–C–N with tert-alkyl or cyclic N) is 1. The van der Waals surface area contributed by atoms with Crippen LogP contribution in [0.25, 0.3) is 0 Å². The third kappa shape index (κ3) is 26.2. The molecule has 0 aromatic carbocycles. The Hall–Kier alpha value is 0.130. The molecule has 1 amide bonds. The minimum atomic E-state index is -0.303. The number of unbranched alkanes of at least 4 members (excludes halogenated alkanes) is 6. The molecule has 1 aliphatic heterocycles. The Morgan fingerprint density at radius 2 is 1.67 bits per heavy atom. The van der Waals surface area contributed by atoms with Crippen molar-refractivity contribution in [2.45, 2.75) is 103 Å². The second kappa shape index (κ2) is 25.4. The van der Waals surface area contributed by atoms with Gasteiger partial charge in [0.1, 0.15) is 0 Å². The number of rotatable bonds is 11. The standard InChI is InChI=1S/C10H20N2O2.C7H16.C3H9OPS.C3H6/c11-6-3-1-2-4-10(14)12-7-5-9(13)8-12;1-3-5-7-6-4-2;1-4-5(2)6-3;1-2-3-1/h9,13H,1-8,11H2;3-7H2,1-2H3;1-3H3;1-3H2. The average molecular weight is 467 g/mol. The van der Waals surface area contributed by atoms with Crippen LogP contribution in [0.2, 0.25) is 0 Å². The zero-order chi connectivity index (χ0) is 23.0. The Labute approximate surface area is 192 Å². The molecule has 2 rings (SSSR count). The molecular weight excluding hydrogens is 415 g/mol. The fourth-order valence-corrected chi connectivity index (χ4v) is 3.07. The van der Waals surface area contributed by atoms with E-state index < -0.39 is 0 Å². The highest BCUT2D eigenvalue weighted by atomic mass is 32.7. The molecule has 2 atom stereocenters. The summed E-state index contributed by atoms with van der Waals surface area (Å²) in [6.45, 7) is 8.52. The van der Waals surface area contributed by atoms with Gasteiger partial charge in [-0.1, -0.05) is 71.6 Å². The van der Waals surface area contributed by atoms with Crippen molar-refractivity contribution in [1.29, 1.82) is 0 Å². The van der Waals surface area contributed by atoms with E-state index in [1.54, 1.807) is 23.4 Å². The van der Waals surface area contributed by atoms with Crippen LogP contribution in [0, 0.1) is 0 Å². The van der Waals surface area contributed by atoms with E-state index in [2.05, 4.69) is 26.8 Å². The van der Waals surface area contributed by atoms with E-state index >= 15 is 0 Å². The molecule has 1 saturated heterocycles. The molecule has 0 aromatic heterocycles. The molecule has 5 nitrogen and oxygen atoms in total. The predicted molar refractivity (Wildman–Crippen MR) is 136 cm³/mol. The van der Waals surface area contributed by atoms with Crippen molar-refractivity contribution in [2.24, 2.45) is 5.73 Å². The molecule has 2 aliphatic rings. The van der Waals surface area contributed by atoms with Gasteiger partial charge < -0.3 is 20.3 Å². The van der Waals surface area contributed by atoms with Gasteiger partial charge >= 0.3 is 0 Å². The Morgan fingerprint density at radius 3 is 2.00 bits per heavy atom. The van der Waals surface area contributed by atoms with Crippen molar-refractivity contribution in [3.63, 3.8) is 0 Å². The van der Waals surface area contributed by atoms with Gasteiger partial charge in [0, 0.05) is 26.6 Å². The zero-order valence-corrected chi connectivity index (χ0v) is 22.2. The number of amides is 1. The van der Waals surface area contributed by atoms with Crippen LogP contribution in [0.1, 0.15) is 97.3 Å². The van der Waals surface area contributed by atoms with Gasteiger partial charge in [-0.3, -0.25) is 4.79 Å². The smallest absolute Gasteiger partial charge is 0.222 e. The van der Waals surface area contributed by atoms with Crippen molar-refractivity contribution >= 4 is 24.6 Å². The number of hydrogen-bond donors (Lipinski definition) is 2. The molecule has 2 fully saturated rings. The van der Waals surface area contributed by atoms with Gasteiger partial charge in [0.15, 0.2) is 0 Å². The molecule has 0 bridgehead atoms. The molecule has 7 heteroatoms. The van der Waals surface area contributed by atoms with Crippen molar-refractivity contribution in [1.82, 2.24) is 4.90 Å². The van der Waals surface area contributed by atoms with Crippen molar-refractivity contribution in [3.05, 3.63) is 0 Å². The molecule has 0 spiro atoms. The lowest BCUT2D eigenvalue weighted by molar-refractivity contribution is -0.130. The molecule has 30 heavy (non-hydrogen) atoms. The quantitative estimate of drug-likeness (QED) is 0.281. The molecule has 1 heterocycles. The van der Waals surface area contributed by atoms with Gasteiger partial charge in [-0.2, -0.15) is 0 Å². The lowest BCUT2D eigenvalue weighted by Crippen LogP contribution is -2.29. The van der Waals surface area contributed by atoms with E-state index in [9.17, 15) is 9.90 Å². The highest BCUT2D eigenvalue weighted by molar-refractivity contribution is 8.53. The summed E-state index contributed by atoms with van der Waals surface area (Å²) < 4.78 is 4.93. The second-order valence-electron chi connectivity index (χ2n) is 7.81. The summed E-state index contributed by atoms with van der Waals surface area (Å²) in [4.78, 5) is 13.3. The Bertz CT molecular complexity index is 353. The maximum Gasteiger partial charge on any atom is 0.222 e. The summed E-state index contributed by atoms with van der Waals surface area (Å²) in [5, 5.41) is 9.25. The van der Waals surface area contributed by atoms with Crippen LogP contribution in [0.15, 0.2) is 0 Å². The topological polar surface area (TPSA) is 75.8 Å². The first-order valence-corrected chi connectivity index (χ1v) is 15.5. The fourth-order valence-electron chi connectivity index (χ4n) is 2.48. The fraction of sp³-hybridized carbons (Fsp3) is 0.957. The van der Waals surface area contributed by atoms with Crippen LogP contribution in [-0.4, -0.2) is 61.7 Å². The van der Waals surface area contributed by atoms with Gasteiger partial charge in [0.05, 0.1) is 13.5 Å². The summed E-state index contributed by atoms with van der Waals surface area (Å²) in [6.07, 6.45) is 17.5. The van der Waals surface area contributed by atoms with Gasteiger partial charge in [-0.05, 0) is 38.7 Å². The number of nitrogens with zero attached hydrogens (tertiary/aromatic N) is 1. The van der Waals surface area contributed by atoms with Gasteiger partial charge in [-0.15, -0.1) is 11.4 Å². The highest BCUT2D eigenvalue weighted by Gasteiger charge is 2.23. The largest absolute Gasteiger partial charge is 0.391 e. The molecule has 1 aliphatic carbocycles. The number of nitrogens with two attached hydrogens (primary N) is 1. The summed E-state index contributed by atoms with van der Waals surface area (Å²) in [5.41, 5.74) is 5.36. The van der Waals surface area contributed by atoms with E-state index in [0.29, 0.717) is 19.5 Å². The SMILES string of the molecule is C1CC1.CCCCCCC.COP(C)SC.NCCCCCC(=O)N1CCC(O)C1. The Morgan fingerprint density at radius 1 is 1.10 bits per heavy atom. The third-order valence-corrected chi connectivity index (χ3v) is 7.70. The number of carbonyl (C=O) groups is 1. The number of hydrogen-bond acceptors (Lipinski definition) is 5. The first kappa shape index (κ1) is 32.3. The molecule has 182 valence electrons. The van der Waals surface area contributed by atoms with E-state index in [1.165, 1.54) is 51.4 Å². The molecule has 1 saturated carbocycles. The van der Waals surface area contributed by atoms with E-state index in [-0.39, 0.29) is 19.4 Å². The van der Waals surface area contributed by atoms with Crippen LogP contribution >= 0.6 is 18.7 Å². The first-order valence-electron chi connectivity index (χ1n) is 11.9. The number of aliphatic hydroxyl groups is 1. The monoisotopic (exact) mass is 466 g/mol. The van der Waals surface area contributed by atoms with Crippen molar-refractivity contribution in [2.75, 3.05) is 39.7 Å².